The van der Waals surface area contributed by atoms with Crippen molar-refractivity contribution >= 4 is 22.8 Å². The summed E-state index contributed by atoms with van der Waals surface area (Å²) in [5.74, 6) is 1.39. The number of nitrogens with one attached hydrogen (secondary N) is 1. The number of aromatic nitrogens is 4. The van der Waals surface area contributed by atoms with E-state index < -0.39 is 0 Å². The lowest BCUT2D eigenvalue weighted by atomic mass is 10.2. The van der Waals surface area contributed by atoms with Crippen LogP contribution < -0.4 is 10.2 Å². The van der Waals surface area contributed by atoms with Gasteiger partial charge in [0.05, 0.1) is 17.6 Å². The zero-order chi connectivity index (χ0) is 17.9. The van der Waals surface area contributed by atoms with E-state index in [2.05, 4.69) is 30.2 Å². The third-order valence-electron chi connectivity index (χ3n) is 4.46. The molecule has 3 aromatic rings. The van der Waals surface area contributed by atoms with E-state index in [0.717, 1.165) is 30.1 Å². The largest absolute Gasteiger partial charge is 0.357 e. The highest BCUT2D eigenvalue weighted by molar-refractivity contribution is 5.97. The Morgan fingerprint density at radius 2 is 1.85 bits per heavy atom. The zero-order valence-electron chi connectivity index (χ0n) is 14.6. The lowest BCUT2D eigenvalue weighted by Gasteiger charge is -2.17. The molecule has 1 aliphatic heterocycles. The molecule has 0 atom stereocenters. The molecule has 0 radical (unpaired) electrons. The summed E-state index contributed by atoms with van der Waals surface area (Å²) in [7, 11) is 0. The SMILES string of the molecule is Cc1cc(N2CCCC2)nc(CNC(=O)c2ccc3nccnc3c2)n1. The van der Waals surface area contributed by atoms with Crippen LogP contribution in [0.4, 0.5) is 5.82 Å². The molecule has 0 saturated carbocycles. The fraction of sp³-hybridized carbons (Fsp3) is 0.316. The van der Waals surface area contributed by atoms with Gasteiger partial charge >= 0.3 is 0 Å². The minimum atomic E-state index is -0.176. The second-order valence-electron chi connectivity index (χ2n) is 6.42. The molecule has 1 saturated heterocycles. The quantitative estimate of drug-likeness (QED) is 0.778. The highest BCUT2D eigenvalue weighted by atomic mass is 16.1. The van der Waals surface area contributed by atoms with Gasteiger partial charge in [0, 0.05) is 42.8 Å². The van der Waals surface area contributed by atoms with Crippen molar-refractivity contribution in [2.24, 2.45) is 0 Å². The summed E-state index contributed by atoms with van der Waals surface area (Å²) in [6.07, 6.45) is 5.64. The van der Waals surface area contributed by atoms with Crippen molar-refractivity contribution in [3.05, 3.63) is 53.7 Å². The number of anilines is 1. The van der Waals surface area contributed by atoms with Gasteiger partial charge in [0.25, 0.3) is 5.91 Å². The first kappa shape index (κ1) is 16.4. The number of hydrogen-bond acceptors (Lipinski definition) is 6. The molecule has 1 aromatic carbocycles. The van der Waals surface area contributed by atoms with E-state index in [1.165, 1.54) is 12.8 Å². The Bertz CT molecular complexity index is 952. The smallest absolute Gasteiger partial charge is 0.251 e. The molecule has 26 heavy (non-hydrogen) atoms. The topological polar surface area (TPSA) is 83.9 Å². The summed E-state index contributed by atoms with van der Waals surface area (Å²) in [5.41, 5.74) is 2.92. The van der Waals surface area contributed by atoms with Gasteiger partial charge in [-0.05, 0) is 38.0 Å². The van der Waals surface area contributed by atoms with Gasteiger partial charge in [-0.15, -0.1) is 0 Å². The first-order valence-corrected chi connectivity index (χ1v) is 8.77. The zero-order valence-corrected chi connectivity index (χ0v) is 14.6. The standard InChI is InChI=1S/C19H20N6O/c1-13-10-18(25-8-2-3-9-25)24-17(23-13)12-22-19(26)14-4-5-15-16(11-14)21-7-6-20-15/h4-7,10-11H,2-3,8-9,12H2,1H3,(H,22,26). The summed E-state index contributed by atoms with van der Waals surface area (Å²) in [6, 6.07) is 7.29. The molecule has 7 heteroatoms. The maximum Gasteiger partial charge on any atom is 0.251 e. The van der Waals surface area contributed by atoms with E-state index in [9.17, 15) is 4.79 Å². The minimum Gasteiger partial charge on any atom is -0.357 e. The number of nitrogens with zero attached hydrogens (tertiary/aromatic N) is 5. The van der Waals surface area contributed by atoms with E-state index in [4.69, 9.17) is 0 Å². The maximum atomic E-state index is 12.5. The van der Waals surface area contributed by atoms with Crippen LogP contribution in [-0.2, 0) is 6.54 Å². The van der Waals surface area contributed by atoms with Gasteiger partial charge in [-0.2, -0.15) is 0 Å². The number of rotatable bonds is 4. The van der Waals surface area contributed by atoms with Gasteiger partial charge in [0.2, 0.25) is 0 Å². The number of aryl methyl sites for hydroxylation is 1. The summed E-state index contributed by atoms with van der Waals surface area (Å²) in [4.78, 5) is 32.2. The van der Waals surface area contributed by atoms with Crippen LogP contribution in [0.5, 0.6) is 0 Å². The van der Waals surface area contributed by atoms with Crippen molar-refractivity contribution in [2.75, 3.05) is 18.0 Å². The van der Waals surface area contributed by atoms with Crippen molar-refractivity contribution < 1.29 is 4.79 Å². The van der Waals surface area contributed by atoms with Crippen molar-refractivity contribution in [3.8, 4) is 0 Å². The molecule has 2 aromatic heterocycles. The summed E-state index contributed by atoms with van der Waals surface area (Å²) >= 11 is 0. The molecule has 0 unspecified atom stereocenters. The van der Waals surface area contributed by atoms with Crippen LogP contribution in [0.1, 0.15) is 34.7 Å². The molecule has 1 aliphatic rings. The maximum absolute atomic E-state index is 12.5. The molecular weight excluding hydrogens is 328 g/mol. The number of fused-ring (bicyclic) bond motifs is 1. The van der Waals surface area contributed by atoms with E-state index in [1.54, 1.807) is 30.6 Å². The number of hydrogen-bond donors (Lipinski definition) is 1. The molecule has 1 N–H and O–H groups in total. The molecule has 0 aliphatic carbocycles. The van der Waals surface area contributed by atoms with Gasteiger partial charge in [0.1, 0.15) is 11.6 Å². The fourth-order valence-electron chi connectivity index (χ4n) is 3.17. The van der Waals surface area contributed by atoms with Crippen molar-refractivity contribution in [2.45, 2.75) is 26.3 Å². The second kappa shape index (κ2) is 7.03. The van der Waals surface area contributed by atoms with Crippen LogP contribution in [-0.4, -0.2) is 38.9 Å². The second-order valence-corrected chi connectivity index (χ2v) is 6.42. The monoisotopic (exact) mass is 348 g/mol. The molecule has 4 rings (SSSR count). The van der Waals surface area contributed by atoms with Gasteiger partial charge in [0.15, 0.2) is 0 Å². The van der Waals surface area contributed by atoms with Crippen LogP contribution in [0.15, 0.2) is 36.7 Å². The highest BCUT2D eigenvalue weighted by Crippen LogP contribution is 2.18. The molecular formula is C19H20N6O. The van der Waals surface area contributed by atoms with Crippen LogP contribution in [0, 0.1) is 6.92 Å². The minimum absolute atomic E-state index is 0.176. The average Bonchev–Trinajstić information content (AvgIpc) is 3.20. The Labute approximate surface area is 151 Å². The lowest BCUT2D eigenvalue weighted by molar-refractivity contribution is 0.0950. The van der Waals surface area contributed by atoms with Gasteiger partial charge in [-0.25, -0.2) is 9.97 Å². The first-order valence-electron chi connectivity index (χ1n) is 8.77. The normalized spacial score (nSPS) is 14.0. The van der Waals surface area contributed by atoms with Crippen LogP contribution in [0.2, 0.25) is 0 Å². The Morgan fingerprint density at radius 1 is 1.08 bits per heavy atom. The first-order chi connectivity index (χ1) is 12.7. The molecule has 0 bridgehead atoms. The lowest BCUT2D eigenvalue weighted by Crippen LogP contribution is -2.25. The predicted octanol–water partition coefficient (Wildman–Crippen LogP) is 2.26. The van der Waals surface area contributed by atoms with Crippen molar-refractivity contribution in [1.82, 2.24) is 25.3 Å². The molecule has 0 spiro atoms. The summed E-state index contributed by atoms with van der Waals surface area (Å²) < 4.78 is 0. The molecule has 1 fully saturated rings. The number of carbonyl (C=O) groups excluding carboxylic acids is 1. The van der Waals surface area contributed by atoms with Gasteiger partial charge in [-0.3, -0.25) is 14.8 Å². The van der Waals surface area contributed by atoms with E-state index >= 15 is 0 Å². The Kier molecular flexibility index (Phi) is 4.43. The van der Waals surface area contributed by atoms with Crippen molar-refractivity contribution in [1.29, 1.82) is 0 Å². The Morgan fingerprint density at radius 3 is 2.65 bits per heavy atom. The van der Waals surface area contributed by atoms with E-state index in [1.807, 2.05) is 13.0 Å². The number of carbonyl (C=O) groups is 1. The van der Waals surface area contributed by atoms with Crippen LogP contribution in [0.25, 0.3) is 11.0 Å². The molecule has 132 valence electrons. The Hall–Kier alpha value is -3.09. The average molecular weight is 348 g/mol. The third kappa shape index (κ3) is 3.46. The van der Waals surface area contributed by atoms with Crippen LogP contribution in [0.3, 0.4) is 0 Å². The summed E-state index contributed by atoms with van der Waals surface area (Å²) in [6.45, 7) is 4.30. The van der Waals surface area contributed by atoms with Gasteiger partial charge in [-0.1, -0.05) is 0 Å². The highest BCUT2D eigenvalue weighted by Gasteiger charge is 2.15. The fourth-order valence-corrected chi connectivity index (χ4v) is 3.17. The summed E-state index contributed by atoms with van der Waals surface area (Å²) in [5, 5.41) is 2.89. The van der Waals surface area contributed by atoms with E-state index in [-0.39, 0.29) is 5.91 Å². The molecule has 3 heterocycles. The third-order valence-corrected chi connectivity index (χ3v) is 4.46. The molecule has 7 nitrogen and oxygen atoms in total. The van der Waals surface area contributed by atoms with Gasteiger partial charge < -0.3 is 10.2 Å². The number of benzene rings is 1. The van der Waals surface area contributed by atoms with Crippen LogP contribution >= 0.6 is 0 Å². The predicted molar refractivity (Wildman–Crippen MR) is 98.9 cm³/mol. The molecule has 1 amide bonds. The number of amides is 1. The van der Waals surface area contributed by atoms with Crippen molar-refractivity contribution in [3.63, 3.8) is 0 Å². The Balaban J connectivity index is 1.48. The van der Waals surface area contributed by atoms with E-state index in [0.29, 0.717) is 23.4 Å².